The summed E-state index contributed by atoms with van der Waals surface area (Å²) in [6.07, 6.45) is 0.323. The third-order valence-corrected chi connectivity index (χ3v) is 8.02. The maximum absolute atomic E-state index is 12.1. The van der Waals surface area contributed by atoms with E-state index in [0.29, 0.717) is 28.6 Å². The van der Waals surface area contributed by atoms with Crippen molar-refractivity contribution in [3.8, 4) is 17.0 Å². The molecule has 0 fully saturated rings. The van der Waals surface area contributed by atoms with Gasteiger partial charge in [0.25, 0.3) is 5.69 Å². The second-order valence-electron chi connectivity index (χ2n) is 10.3. The number of carbonyl (C=O) groups is 1. The maximum Gasteiger partial charge on any atom is 0.344 e. The van der Waals surface area contributed by atoms with Crippen molar-refractivity contribution in [1.29, 1.82) is 0 Å². The summed E-state index contributed by atoms with van der Waals surface area (Å²) < 4.78 is 11.9. The fourth-order valence-electron chi connectivity index (χ4n) is 4.76. The number of halogens is 1. The van der Waals surface area contributed by atoms with Gasteiger partial charge < -0.3 is 9.47 Å². The Bertz CT molecular complexity index is 1690. The van der Waals surface area contributed by atoms with Crippen LogP contribution in [0.4, 0.5) is 10.8 Å². The standard InChI is InChI=1S/C31H29BrN4O5S/c1-18(2)41-30(37)16-40-29-11-10-22(32)14-25(29)27-17-42-31(33-27)35-28(21-6-5-7-23(13-21)36(38)39)15-26(34-35)24-12-19(3)8-9-20(24)4/h5-14,17-18,28H,15-16H2,1-4H3/t28-/m1/s1. The Morgan fingerprint density at radius 3 is 2.71 bits per heavy atom. The van der Waals surface area contributed by atoms with E-state index in [-0.39, 0.29) is 29.4 Å². The summed E-state index contributed by atoms with van der Waals surface area (Å²) >= 11 is 4.94. The number of ether oxygens (including phenoxy) is 2. The smallest absolute Gasteiger partial charge is 0.344 e. The van der Waals surface area contributed by atoms with Crippen LogP contribution in [0.25, 0.3) is 11.3 Å². The largest absolute Gasteiger partial charge is 0.481 e. The number of thiazole rings is 1. The molecule has 0 spiro atoms. The fourth-order valence-corrected chi connectivity index (χ4v) is 5.94. The lowest BCUT2D eigenvalue weighted by Crippen LogP contribution is -2.19. The fraction of sp³-hybridized carbons (Fsp3) is 0.258. The van der Waals surface area contributed by atoms with Crippen LogP contribution in [0.3, 0.4) is 0 Å². The summed E-state index contributed by atoms with van der Waals surface area (Å²) in [6.45, 7) is 7.44. The van der Waals surface area contributed by atoms with E-state index in [1.54, 1.807) is 32.0 Å². The van der Waals surface area contributed by atoms with E-state index < -0.39 is 5.97 Å². The van der Waals surface area contributed by atoms with Crippen LogP contribution >= 0.6 is 27.3 Å². The third-order valence-electron chi connectivity index (χ3n) is 6.70. The van der Waals surface area contributed by atoms with Gasteiger partial charge in [0, 0.05) is 39.5 Å². The normalized spacial score (nSPS) is 14.7. The minimum absolute atomic E-state index is 0.0272. The molecule has 4 aromatic rings. The zero-order chi connectivity index (χ0) is 30.0. The van der Waals surface area contributed by atoms with Crippen LogP contribution in [0, 0.1) is 24.0 Å². The van der Waals surface area contributed by atoms with Crippen molar-refractivity contribution < 1.29 is 19.2 Å². The number of benzene rings is 3. The van der Waals surface area contributed by atoms with Gasteiger partial charge in [-0.1, -0.05) is 45.8 Å². The average Bonchev–Trinajstić information content (AvgIpc) is 3.61. The van der Waals surface area contributed by atoms with Gasteiger partial charge in [0.15, 0.2) is 6.61 Å². The molecule has 11 heteroatoms. The zero-order valence-electron chi connectivity index (χ0n) is 23.5. The monoisotopic (exact) mass is 648 g/mol. The van der Waals surface area contributed by atoms with E-state index in [0.717, 1.165) is 32.4 Å². The molecule has 1 atom stereocenters. The summed E-state index contributed by atoms with van der Waals surface area (Å²) in [6, 6.07) is 18.1. The maximum atomic E-state index is 12.1. The SMILES string of the molecule is Cc1ccc(C)c(C2=NN(c3nc(-c4cc(Br)ccc4OCC(=O)OC(C)C)cs3)[C@@H](c3cccc([N+](=O)[O-])c3)C2)c1. The van der Waals surface area contributed by atoms with Gasteiger partial charge in [0.05, 0.1) is 28.5 Å². The van der Waals surface area contributed by atoms with Gasteiger partial charge in [-0.25, -0.2) is 14.8 Å². The van der Waals surface area contributed by atoms with Crippen LogP contribution in [0.15, 0.2) is 75.6 Å². The highest BCUT2D eigenvalue weighted by molar-refractivity contribution is 9.10. The van der Waals surface area contributed by atoms with Crippen molar-refractivity contribution in [2.24, 2.45) is 5.10 Å². The second-order valence-corrected chi connectivity index (χ2v) is 12.0. The number of rotatable bonds is 9. The number of hydrogen-bond donors (Lipinski definition) is 0. The number of hydrogen-bond acceptors (Lipinski definition) is 9. The van der Waals surface area contributed by atoms with Crippen LogP contribution in [-0.2, 0) is 9.53 Å². The topological polar surface area (TPSA) is 107 Å². The van der Waals surface area contributed by atoms with E-state index in [2.05, 4.69) is 41.1 Å². The Hall–Kier alpha value is -4.09. The van der Waals surface area contributed by atoms with E-state index in [9.17, 15) is 14.9 Å². The number of nitro groups is 1. The molecule has 1 aromatic heterocycles. The van der Waals surface area contributed by atoms with Gasteiger partial charge in [-0.3, -0.25) is 10.1 Å². The second kappa shape index (κ2) is 12.4. The molecule has 0 bridgehead atoms. The molecule has 0 aliphatic carbocycles. The molecule has 2 heterocycles. The number of aryl methyl sites for hydroxylation is 2. The molecule has 0 saturated heterocycles. The van der Waals surface area contributed by atoms with E-state index in [1.807, 2.05) is 35.5 Å². The van der Waals surface area contributed by atoms with Gasteiger partial charge >= 0.3 is 5.97 Å². The van der Waals surface area contributed by atoms with Crippen molar-refractivity contribution in [1.82, 2.24) is 4.98 Å². The minimum Gasteiger partial charge on any atom is -0.481 e. The number of nitrogens with zero attached hydrogens (tertiary/aromatic N) is 4. The van der Waals surface area contributed by atoms with Crippen LogP contribution in [0.5, 0.6) is 5.75 Å². The lowest BCUT2D eigenvalue weighted by molar-refractivity contribution is -0.384. The first-order valence-corrected chi connectivity index (χ1v) is 15.0. The number of nitro benzene ring substituents is 1. The molecule has 0 amide bonds. The Morgan fingerprint density at radius 1 is 1.14 bits per heavy atom. The van der Waals surface area contributed by atoms with Crippen LogP contribution in [0.1, 0.15) is 48.6 Å². The van der Waals surface area contributed by atoms with Crippen molar-refractivity contribution in [2.45, 2.75) is 46.3 Å². The Kier molecular flexibility index (Phi) is 8.69. The molecule has 1 aliphatic heterocycles. The number of aromatic nitrogens is 1. The third kappa shape index (κ3) is 6.52. The van der Waals surface area contributed by atoms with Gasteiger partial charge in [-0.15, -0.1) is 11.3 Å². The predicted molar refractivity (Wildman–Crippen MR) is 167 cm³/mol. The van der Waals surface area contributed by atoms with E-state index in [4.69, 9.17) is 19.6 Å². The molecule has 5 rings (SSSR count). The molecule has 0 N–H and O–H groups in total. The number of hydrazone groups is 1. The van der Waals surface area contributed by atoms with Gasteiger partial charge in [-0.05, 0) is 63.1 Å². The highest BCUT2D eigenvalue weighted by Crippen LogP contribution is 2.42. The Labute approximate surface area is 256 Å². The Morgan fingerprint density at radius 2 is 1.95 bits per heavy atom. The summed E-state index contributed by atoms with van der Waals surface area (Å²) in [5.74, 6) is 0.0370. The average molecular weight is 650 g/mol. The van der Waals surface area contributed by atoms with Gasteiger partial charge in [0.2, 0.25) is 5.13 Å². The van der Waals surface area contributed by atoms with E-state index in [1.165, 1.54) is 17.4 Å². The number of anilines is 1. The van der Waals surface area contributed by atoms with Crippen LogP contribution in [-0.4, -0.2) is 34.3 Å². The quantitative estimate of drug-likeness (QED) is 0.104. The molecule has 3 aromatic carbocycles. The molecular formula is C31H29BrN4O5S. The summed E-state index contributed by atoms with van der Waals surface area (Å²) in [4.78, 5) is 28.2. The molecule has 216 valence electrons. The molecule has 0 saturated carbocycles. The first-order valence-electron chi connectivity index (χ1n) is 13.4. The molecule has 1 aliphatic rings. The first kappa shape index (κ1) is 29.4. The molecule has 42 heavy (non-hydrogen) atoms. The van der Waals surface area contributed by atoms with Gasteiger partial charge in [-0.2, -0.15) is 5.10 Å². The predicted octanol–water partition coefficient (Wildman–Crippen LogP) is 7.78. The Balaban J connectivity index is 1.52. The molecule has 9 nitrogen and oxygen atoms in total. The van der Waals surface area contributed by atoms with Crippen LogP contribution in [0.2, 0.25) is 0 Å². The molecular weight excluding hydrogens is 620 g/mol. The van der Waals surface area contributed by atoms with Crippen molar-refractivity contribution in [3.63, 3.8) is 0 Å². The van der Waals surface area contributed by atoms with Crippen molar-refractivity contribution >= 4 is 49.8 Å². The number of non-ortho nitro benzene ring substituents is 1. The van der Waals surface area contributed by atoms with E-state index >= 15 is 0 Å². The number of carbonyl (C=O) groups excluding carboxylic acids is 1. The summed E-state index contributed by atoms with van der Waals surface area (Å²) in [5.41, 5.74) is 6.32. The van der Waals surface area contributed by atoms with Gasteiger partial charge in [0.1, 0.15) is 5.75 Å². The highest BCUT2D eigenvalue weighted by Gasteiger charge is 2.33. The van der Waals surface area contributed by atoms with Crippen molar-refractivity contribution in [3.05, 3.63) is 103 Å². The molecule has 0 unspecified atom stereocenters. The zero-order valence-corrected chi connectivity index (χ0v) is 25.9. The lowest BCUT2D eigenvalue weighted by atomic mass is 9.95. The highest BCUT2D eigenvalue weighted by atomic mass is 79.9. The van der Waals surface area contributed by atoms with Crippen molar-refractivity contribution in [2.75, 3.05) is 11.6 Å². The summed E-state index contributed by atoms with van der Waals surface area (Å²) in [5, 5.41) is 21.0. The number of esters is 1. The first-order chi connectivity index (χ1) is 20.1. The lowest BCUT2D eigenvalue weighted by Gasteiger charge is -2.21. The van der Waals surface area contributed by atoms with Crippen LogP contribution < -0.4 is 9.75 Å². The molecule has 0 radical (unpaired) electrons. The minimum atomic E-state index is -0.456. The summed E-state index contributed by atoms with van der Waals surface area (Å²) in [7, 11) is 0.